The molecule has 2 heteroatoms. The molecule has 1 aliphatic rings. The van der Waals surface area contributed by atoms with E-state index >= 15 is 0 Å². The molecule has 1 nitrogen and oxygen atoms in total. The van der Waals surface area contributed by atoms with E-state index in [0.717, 1.165) is 24.3 Å². The van der Waals surface area contributed by atoms with E-state index in [2.05, 4.69) is 19.1 Å². The summed E-state index contributed by atoms with van der Waals surface area (Å²) in [7, 11) is 0. The highest BCUT2D eigenvalue weighted by Crippen LogP contribution is 2.37. The normalized spacial score (nSPS) is 21.9. The van der Waals surface area contributed by atoms with Gasteiger partial charge in [0.05, 0.1) is 5.56 Å². The Morgan fingerprint density at radius 3 is 2.55 bits per heavy atom. The zero-order chi connectivity index (χ0) is 15.8. The van der Waals surface area contributed by atoms with Crippen LogP contribution >= 0.6 is 0 Å². The van der Waals surface area contributed by atoms with Crippen LogP contribution in [0.4, 0.5) is 4.39 Å². The Morgan fingerprint density at radius 1 is 1.18 bits per heavy atom. The largest absolute Gasteiger partial charge is 0.206 e. The van der Waals surface area contributed by atoms with Crippen LogP contribution in [-0.2, 0) is 0 Å². The highest BCUT2D eigenvalue weighted by molar-refractivity contribution is 5.34. The fourth-order valence-corrected chi connectivity index (χ4v) is 3.39. The zero-order valence-electron chi connectivity index (χ0n) is 13.5. The summed E-state index contributed by atoms with van der Waals surface area (Å²) in [5, 5.41) is 8.80. The highest BCUT2D eigenvalue weighted by Gasteiger charge is 2.22. The Kier molecular flexibility index (Phi) is 6.65. The minimum Gasteiger partial charge on any atom is -0.206 e. The van der Waals surface area contributed by atoms with Crippen LogP contribution in [0, 0.1) is 23.1 Å². The van der Waals surface area contributed by atoms with E-state index in [0.29, 0.717) is 5.92 Å². The molecule has 0 aromatic heterocycles. The van der Waals surface area contributed by atoms with Crippen LogP contribution in [0.1, 0.15) is 75.3 Å². The second-order valence-corrected chi connectivity index (χ2v) is 6.41. The average molecular weight is 299 g/mol. The van der Waals surface area contributed by atoms with Crippen LogP contribution < -0.4 is 0 Å². The van der Waals surface area contributed by atoms with Crippen LogP contribution in [0.5, 0.6) is 0 Å². The van der Waals surface area contributed by atoms with Crippen LogP contribution in [0.2, 0.25) is 0 Å². The molecule has 0 spiro atoms. The Bertz CT molecular complexity index is 533. The van der Waals surface area contributed by atoms with E-state index < -0.39 is 0 Å². The van der Waals surface area contributed by atoms with E-state index in [4.69, 9.17) is 5.26 Å². The van der Waals surface area contributed by atoms with Gasteiger partial charge in [0, 0.05) is 0 Å². The third-order valence-corrected chi connectivity index (χ3v) is 4.80. The molecule has 0 N–H and O–H groups in total. The molecule has 1 aliphatic carbocycles. The van der Waals surface area contributed by atoms with Gasteiger partial charge in [-0.25, -0.2) is 4.39 Å². The summed E-state index contributed by atoms with van der Waals surface area (Å²) in [6.07, 6.45) is 14.3. The Balaban J connectivity index is 1.80. The summed E-state index contributed by atoms with van der Waals surface area (Å²) in [5.74, 6) is 0.920. The van der Waals surface area contributed by atoms with Gasteiger partial charge in [0.15, 0.2) is 0 Å². The average Bonchev–Trinajstić information content (AvgIpc) is 2.55. The summed E-state index contributed by atoms with van der Waals surface area (Å²) in [4.78, 5) is 0. The SMILES string of the molecule is CCCC=CCC[C@H]1CC[C@H](c2ccc(C#N)c(F)c2)CC1. The third kappa shape index (κ3) is 4.70. The molecule has 118 valence electrons. The van der Waals surface area contributed by atoms with Gasteiger partial charge < -0.3 is 0 Å². The number of allylic oxidation sites excluding steroid dienone is 2. The van der Waals surface area contributed by atoms with E-state index in [1.807, 2.05) is 12.1 Å². The van der Waals surface area contributed by atoms with Gasteiger partial charge in [-0.1, -0.05) is 31.6 Å². The lowest BCUT2D eigenvalue weighted by Crippen LogP contribution is -2.13. The smallest absolute Gasteiger partial charge is 0.141 e. The molecule has 0 aliphatic heterocycles. The van der Waals surface area contributed by atoms with Gasteiger partial charge in [-0.15, -0.1) is 0 Å². The van der Waals surface area contributed by atoms with Crippen molar-refractivity contribution in [1.82, 2.24) is 0 Å². The first-order valence-corrected chi connectivity index (χ1v) is 8.59. The molecule has 2 rings (SSSR count). The molecule has 0 radical (unpaired) electrons. The first kappa shape index (κ1) is 16.7. The predicted octanol–water partition coefficient (Wildman–Crippen LogP) is 6.11. The Hall–Kier alpha value is -1.62. The van der Waals surface area contributed by atoms with Gasteiger partial charge in [-0.3, -0.25) is 0 Å². The molecule has 1 aromatic carbocycles. The Morgan fingerprint density at radius 2 is 1.91 bits per heavy atom. The fourth-order valence-electron chi connectivity index (χ4n) is 3.39. The number of nitrogens with zero attached hydrogens (tertiary/aromatic N) is 1. The number of halogens is 1. The van der Waals surface area contributed by atoms with Crippen molar-refractivity contribution < 1.29 is 4.39 Å². The standard InChI is InChI=1S/C20H26FN/c1-2-3-4-5-6-7-16-8-10-17(11-9-16)18-12-13-19(15-22)20(21)14-18/h4-5,12-14,16-17H,2-3,6-11H2,1H3/t16-,17-. The first-order valence-electron chi connectivity index (χ1n) is 8.59. The van der Waals surface area contributed by atoms with E-state index in [9.17, 15) is 4.39 Å². The van der Waals surface area contributed by atoms with Crippen LogP contribution in [0.3, 0.4) is 0 Å². The van der Waals surface area contributed by atoms with Crippen molar-refractivity contribution in [3.05, 3.63) is 47.3 Å². The molecule has 1 fully saturated rings. The first-order chi connectivity index (χ1) is 10.7. The molecule has 0 saturated heterocycles. The summed E-state index contributed by atoms with van der Waals surface area (Å²) in [5.41, 5.74) is 1.22. The number of hydrogen-bond donors (Lipinski definition) is 0. The number of unbranched alkanes of at least 4 members (excludes halogenated alkanes) is 1. The van der Waals surface area contributed by atoms with Crippen LogP contribution in [0.25, 0.3) is 0 Å². The van der Waals surface area contributed by atoms with Crippen molar-refractivity contribution in [3.8, 4) is 6.07 Å². The zero-order valence-corrected chi connectivity index (χ0v) is 13.5. The summed E-state index contributed by atoms with van der Waals surface area (Å²) in [6.45, 7) is 2.21. The number of nitriles is 1. The van der Waals surface area contributed by atoms with E-state index in [1.54, 1.807) is 12.1 Å². The van der Waals surface area contributed by atoms with Gasteiger partial charge in [-0.05, 0) is 74.5 Å². The van der Waals surface area contributed by atoms with Crippen molar-refractivity contribution in [2.45, 2.75) is 64.2 Å². The lowest BCUT2D eigenvalue weighted by molar-refractivity contribution is 0.311. The van der Waals surface area contributed by atoms with Gasteiger partial charge in [0.1, 0.15) is 11.9 Å². The maximum absolute atomic E-state index is 13.7. The molecule has 0 amide bonds. The number of rotatable bonds is 6. The molecule has 0 unspecified atom stereocenters. The van der Waals surface area contributed by atoms with Gasteiger partial charge >= 0.3 is 0 Å². The molecule has 0 bridgehead atoms. The second-order valence-electron chi connectivity index (χ2n) is 6.41. The Labute approximate surface area is 133 Å². The van der Waals surface area contributed by atoms with Crippen LogP contribution in [0.15, 0.2) is 30.4 Å². The van der Waals surface area contributed by atoms with Gasteiger partial charge in [-0.2, -0.15) is 5.26 Å². The van der Waals surface area contributed by atoms with Crippen molar-refractivity contribution in [3.63, 3.8) is 0 Å². The molecule has 0 atom stereocenters. The molecule has 1 saturated carbocycles. The third-order valence-electron chi connectivity index (χ3n) is 4.80. The topological polar surface area (TPSA) is 23.8 Å². The van der Waals surface area contributed by atoms with Gasteiger partial charge in [0.2, 0.25) is 0 Å². The van der Waals surface area contributed by atoms with E-state index in [-0.39, 0.29) is 11.4 Å². The molecular weight excluding hydrogens is 273 g/mol. The molecular formula is C20H26FN. The fraction of sp³-hybridized carbons (Fsp3) is 0.550. The van der Waals surface area contributed by atoms with Crippen molar-refractivity contribution >= 4 is 0 Å². The number of hydrogen-bond acceptors (Lipinski definition) is 1. The lowest BCUT2D eigenvalue weighted by atomic mass is 9.77. The summed E-state index contributed by atoms with van der Waals surface area (Å²) < 4.78 is 13.7. The predicted molar refractivity (Wildman–Crippen MR) is 89.1 cm³/mol. The summed E-state index contributed by atoms with van der Waals surface area (Å²) >= 11 is 0. The maximum Gasteiger partial charge on any atom is 0.141 e. The van der Waals surface area contributed by atoms with Gasteiger partial charge in [0.25, 0.3) is 0 Å². The monoisotopic (exact) mass is 299 g/mol. The molecule has 1 aromatic rings. The number of benzene rings is 1. The summed E-state index contributed by atoms with van der Waals surface area (Å²) in [6, 6.07) is 7.01. The minimum atomic E-state index is -0.372. The van der Waals surface area contributed by atoms with Crippen molar-refractivity contribution in [2.75, 3.05) is 0 Å². The molecule has 22 heavy (non-hydrogen) atoms. The minimum absolute atomic E-state index is 0.149. The van der Waals surface area contributed by atoms with Crippen molar-refractivity contribution in [1.29, 1.82) is 5.26 Å². The lowest BCUT2D eigenvalue weighted by Gasteiger charge is -2.28. The molecule has 0 heterocycles. The van der Waals surface area contributed by atoms with Crippen LogP contribution in [-0.4, -0.2) is 0 Å². The quantitative estimate of drug-likeness (QED) is 0.581. The van der Waals surface area contributed by atoms with E-state index in [1.165, 1.54) is 38.5 Å². The van der Waals surface area contributed by atoms with Crippen molar-refractivity contribution in [2.24, 2.45) is 5.92 Å². The second kappa shape index (κ2) is 8.73. The maximum atomic E-state index is 13.7. The highest BCUT2D eigenvalue weighted by atomic mass is 19.1.